The molecule has 0 aliphatic carbocycles. The van der Waals surface area contributed by atoms with Gasteiger partial charge in [0.05, 0.1) is 16.4 Å². The predicted molar refractivity (Wildman–Crippen MR) is 84.2 cm³/mol. The Hall–Kier alpha value is -1.71. The van der Waals surface area contributed by atoms with Gasteiger partial charge in [-0.15, -0.1) is 0 Å². The van der Waals surface area contributed by atoms with E-state index in [4.69, 9.17) is 5.11 Å². The molecule has 1 amide bonds. The second-order valence-corrected chi connectivity index (χ2v) is 5.67. The monoisotopic (exact) mass is 406 g/mol. The highest BCUT2D eigenvalue weighted by Gasteiger charge is 2.23. The number of carboxylic acid groups (broad SMARTS) is 1. The standard InChI is InChI=1S/C13H15IN2O5/c1-3-15(7-8(2)13(18)19)12(17)10-6-9(16(20)21)4-5-11(10)14/h4-6,8H,3,7H2,1-2H3,(H,18,19). The van der Waals surface area contributed by atoms with E-state index in [2.05, 4.69) is 0 Å². The van der Waals surface area contributed by atoms with Gasteiger partial charge < -0.3 is 10.0 Å². The van der Waals surface area contributed by atoms with E-state index in [1.165, 1.54) is 30.0 Å². The Morgan fingerprint density at radius 3 is 2.57 bits per heavy atom. The van der Waals surface area contributed by atoms with Crippen LogP contribution >= 0.6 is 22.6 Å². The molecule has 1 aromatic carbocycles. The van der Waals surface area contributed by atoms with Gasteiger partial charge in [0.1, 0.15) is 0 Å². The minimum Gasteiger partial charge on any atom is -0.481 e. The SMILES string of the molecule is CCN(CC(C)C(=O)O)C(=O)c1cc([N+](=O)[O-])ccc1I. The van der Waals surface area contributed by atoms with E-state index in [9.17, 15) is 19.7 Å². The molecule has 0 radical (unpaired) electrons. The molecule has 0 fully saturated rings. The number of nitro benzene ring substituents is 1. The molecule has 0 spiro atoms. The number of carboxylic acids is 1. The first-order chi connectivity index (χ1) is 9.77. The van der Waals surface area contributed by atoms with Crippen LogP contribution in [0.25, 0.3) is 0 Å². The number of carbonyl (C=O) groups is 2. The summed E-state index contributed by atoms with van der Waals surface area (Å²) in [5, 5.41) is 19.7. The maximum atomic E-state index is 12.4. The molecule has 0 heterocycles. The fourth-order valence-corrected chi connectivity index (χ4v) is 2.29. The number of rotatable bonds is 6. The number of hydrogen-bond acceptors (Lipinski definition) is 4. The smallest absolute Gasteiger partial charge is 0.308 e. The second-order valence-electron chi connectivity index (χ2n) is 4.50. The number of nitrogens with zero attached hydrogens (tertiary/aromatic N) is 2. The fourth-order valence-electron chi connectivity index (χ4n) is 1.73. The molecule has 0 saturated heterocycles. The van der Waals surface area contributed by atoms with Crippen molar-refractivity contribution in [3.8, 4) is 0 Å². The molecular weight excluding hydrogens is 391 g/mol. The van der Waals surface area contributed by atoms with E-state index in [1.807, 2.05) is 22.6 Å². The first-order valence-corrected chi connectivity index (χ1v) is 7.31. The molecular formula is C13H15IN2O5. The predicted octanol–water partition coefficient (Wildman–Crippen LogP) is 2.38. The summed E-state index contributed by atoms with van der Waals surface area (Å²) in [6.45, 7) is 3.63. The van der Waals surface area contributed by atoms with Crippen LogP contribution in [-0.4, -0.2) is 39.9 Å². The second kappa shape index (κ2) is 7.34. The molecule has 1 unspecified atom stereocenters. The highest BCUT2D eigenvalue weighted by molar-refractivity contribution is 14.1. The lowest BCUT2D eigenvalue weighted by Crippen LogP contribution is -2.37. The van der Waals surface area contributed by atoms with E-state index in [1.54, 1.807) is 6.92 Å². The number of carbonyl (C=O) groups excluding carboxylic acids is 1. The summed E-state index contributed by atoms with van der Waals surface area (Å²) in [4.78, 5) is 34.9. The minimum absolute atomic E-state index is 0.0590. The normalized spacial score (nSPS) is 11.8. The van der Waals surface area contributed by atoms with Crippen molar-refractivity contribution >= 4 is 40.2 Å². The van der Waals surface area contributed by atoms with Gasteiger partial charge in [-0.2, -0.15) is 0 Å². The molecule has 1 atom stereocenters. The van der Waals surface area contributed by atoms with E-state index >= 15 is 0 Å². The van der Waals surface area contributed by atoms with Crippen LogP contribution in [0.1, 0.15) is 24.2 Å². The molecule has 7 nitrogen and oxygen atoms in total. The van der Waals surface area contributed by atoms with Crippen molar-refractivity contribution in [1.29, 1.82) is 0 Å². The van der Waals surface area contributed by atoms with Crippen molar-refractivity contribution in [1.82, 2.24) is 4.90 Å². The van der Waals surface area contributed by atoms with Crippen LogP contribution in [0.15, 0.2) is 18.2 Å². The summed E-state index contributed by atoms with van der Waals surface area (Å²) in [6.07, 6.45) is 0. The van der Waals surface area contributed by atoms with Crippen LogP contribution in [0.2, 0.25) is 0 Å². The summed E-state index contributed by atoms with van der Waals surface area (Å²) < 4.78 is 0.588. The quantitative estimate of drug-likeness (QED) is 0.444. The Bertz CT molecular complexity index is 576. The first kappa shape index (κ1) is 17.3. The third-order valence-corrected chi connectivity index (χ3v) is 3.92. The molecule has 21 heavy (non-hydrogen) atoms. The zero-order chi connectivity index (χ0) is 16.2. The fraction of sp³-hybridized carbons (Fsp3) is 0.385. The van der Waals surface area contributed by atoms with E-state index in [0.717, 1.165) is 0 Å². The van der Waals surface area contributed by atoms with Gasteiger partial charge in [0.25, 0.3) is 11.6 Å². The van der Waals surface area contributed by atoms with Gasteiger partial charge >= 0.3 is 5.97 Å². The molecule has 0 aromatic heterocycles. The van der Waals surface area contributed by atoms with E-state index in [-0.39, 0.29) is 17.8 Å². The largest absolute Gasteiger partial charge is 0.481 e. The number of nitro groups is 1. The average Bonchev–Trinajstić information content (AvgIpc) is 2.43. The number of aliphatic carboxylic acids is 1. The van der Waals surface area contributed by atoms with Crippen LogP contribution in [0.5, 0.6) is 0 Å². The lowest BCUT2D eigenvalue weighted by atomic mass is 10.1. The Morgan fingerprint density at radius 1 is 1.48 bits per heavy atom. The molecule has 1 rings (SSSR count). The number of non-ortho nitro benzene ring substituents is 1. The van der Waals surface area contributed by atoms with Crippen molar-refractivity contribution in [3.05, 3.63) is 37.4 Å². The van der Waals surface area contributed by atoms with Crippen molar-refractivity contribution in [3.63, 3.8) is 0 Å². The van der Waals surface area contributed by atoms with Gasteiger partial charge in [-0.05, 0) is 35.6 Å². The van der Waals surface area contributed by atoms with Gasteiger partial charge in [0, 0.05) is 28.8 Å². The Morgan fingerprint density at radius 2 is 2.10 bits per heavy atom. The summed E-state index contributed by atoms with van der Waals surface area (Å²) in [5.41, 5.74) is 0.0466. The molecule has 0 bridgehead atoms. The molecule has 8 heteroatoms. The van der Waals surface area contributed by atoms with Gasteiger partial charge in [0.15, 0.2) is 0 Å². The minimum atomic E-state index is -0.991. The van der Waals surface area contributed by atoms with Gasteiger partial charge in [-0.1, -0.05) is 6.92 Å². The summed E-state index contributed by atoms with van der Waals surface area (Å²) in [7, 11) is 0. The number of hydrogen-bond donors (Lipinski definition) is 1. The van der Waals surface area contributed by atoms with Crippen molar-refractivity contribution in [2.24, 2.45) is 5.92 Å². The van der Waals surface area contributed by atoms with Crippen LogP contribution in [-0.2, 0) is 4.79 Å². The lowest BCUT2D eigenvalue weighted by molar-refractivity contribution is -0.384. The van der Waals surface area contributed by atoms with Crippen LogP contribution < -0.4 is 0 Å². The third kappa shape index (κ3) is 4.38. The Labute approximate surface area is 135 Å². The molecule has 0 aliphatic heterocycles. The number of halogens is 1. The average molecular weight is 406 g/mol. The van der Waals surface area contributed by atoms with Crippen molar-refractivity contribution in [2.75, 3.05) is 13.1 Å². The number of benzene rings is 1. The van der Waals surface area contributed by atoms with Crippen molar-refractivity contribution < 1.29 is 19.6 Å². The van der Waals surface area contributed by atoms with Gasteiger partial charge in [0.2, 0.25) is 0 Å². The van der Waals surface area contributed by atoms with Crippen LogP contribution in [0, 0.1) is 19.6 Å². The zero-order valence-electron chi connectivity index (χ0n) is 11.6. The number of amides is 1. The Kier molecular flexibility index (Phi) is 6.06. The third-order valence-electron chi connectivity index (χ3n) is 2.98. The summed E-state index contributed by atoms with van der Waals surface area (Å²) in [5.74, 6) is -2.10. The van der Waals surface area contributed by atoms with Crippen molar-refractivity contribution in [2.45, 2.75) is 13.8 Å². The highest BCUT2D eigenvalue weighted by Crippen LogP contribution is 2.21. The van der Waals surface area contributed by atoms with Crippen LogP contribution in [0.3, 0.4) is 0 Å². The maximum Gasteiger partial charge on any atom is 0.308 e. The van der Waals surface area contributed by atoms with E-state index in [0.29, 0.717) is 10.1 Å². The molecule has 0 saturated carbocycles. The van der Waals surface area contributed by atoms with Gasteiger partial charge in [-0.3, -0.25) is 19.7 Å². The molecule has 0 aliphatic rings. The summed E-state index contributed by atoms with van der Waals surface area (Å²) in [6, 6.07) is 4.05. The molecule has 1 N–H and O–H groups in total. The Balaban J connectivity index is 3.07. The lowest BCUT2D eigenvalue weighted by Gasteiger charge is -2.23. The highest BCUT2D eigenvalue weighted by atomic mass is 127. The summed E-state index contributed by atoms with van der Waals surface area (Å²) >= 11 is 1.93. The van der Waals surface area contributed by atoms with E-state index < -0.39 is 22.7 Å². The maximum absolute atomic E-state index is 12.4. The topological polar surface area (TPSA) is 101 Å². The van der Waals surface area contributed by atoms with Crippen LogP contribution in [0.4, 0.5) is 5.69 Å². The van der Waals surface area contributed by atoms with Gasteiger partial charge in [-0.25, -0.2) is 0 Å². The molecule has 1 aromatic rings. The first-order valence-electron chi connectivity index (χ1n) is 6.24. The molecule has 114 valence electrons. The zero-order valence-corrected chi connectivity index (χ0v) is 13.7.